The van der Waals surface area contributed by atoms with Crippen LogP contribution in [0.2, 0.25) is 0 Å². The Morgan fingerprint density at radius 2 is 1.85 bits per heavy atom. The van der Waals surface area contributed by atoms with Crippen molar-refractivity contribution in [1.82, 2.24) is 20.1 Å². The largest absolute Gasteiger partial charge is 0.418 e. The molecule has 1 unspecified atom stereocenters. The average molecular weight is 397 g/mol. The summed E-state index contributed by atoms with van der Waals surface area (Å²) in [6.07, 6.45) is -7.11. The molecule has 0 aliphatic heterocycles. The van der Waals surface area contributed by atoms with Crippen molar-refractivity contribution in [3.8, 4) is 11.3 Å². The summed E-state index contributed by atoms with van der Waals surface area (Å²) in [4.78, 5) is 3.88. The van der Waals surface area contributed by atoms with E-state index in [0.29, 0.717) is 13.0 Å². The van der Waals surface area contributed by atoms with E-state index in [-0.39, 0.29) is 23.5 Å². The molecule has 2 rings (SSSR count). The van der Waals surface area contributed by atoms with Crippen molar-refractivity contribution >= 4 is 5.69 Å². The summed E-state index contributed by atoms with van der Waals surface area (Å²) in [5.41, 5.74) is 0.714. The highest BCUT2D eigenvalue weighted by atomic mass is 19.4. The number of rotatable bonds is 5. The third-order valence-corrected chi connectivity index (χ3v) is 3.79. The maximum absolute atomic E-state index is 13.3. The average Bonchev–Trinajstić information content (AvgIpc) is 2.92. The molecule has 0 saturated carbocycles. The normalized spacial score (nSPS) is 15.0. The summed E-state index contributed by atoms with van der Waals surface area (Å²) in [6, 6.07) is 0.675. The van der Waals surface area contributed by atoms with Gasteiger partial charge in [0, 0.05) is 31.9 Å². The zero-order valence-corrected chi connectivity index (χ0v) is 14.3. The number of hydrogen-bond donors (Lipinski definition) is 3. The Hall–Kier alpha value is -2.34. The van der Waals surface area contributed by atoms with Crippen LogP contribution in [0.5, 0.6) is 0 Å². The van der Waals surface area contributed by atoms with Crippen molar-refractivity contribution in [2.45, 2.75) is 31.4 Å². The lowest BCUT2D eigenvalue weighted by Crippen LogP contribution is -2.49. The summed E-state index contributed by atoms with van der Waals surface area (Å²) >= 11 is 0. The van der Waals surface area contributed by atoms with Crippen molar-refractivity contribution in [1.29, 1.82) is 0 Å². The van der Waals surface area contributed by atoms with Crippen molar-refractivity contribution < 1.29 is 31.4 Å². The molecule has 0 aliphatic carbocycles. The number of hydrogen-bond acceptors (Lipinski definition) is 5. The molecule has 12 heteroatoms. The summed E-state index contributed by atoms with van der Waals surface area (Å²) in [6.45, 7) is -0.686. The van der Waals surface area contributed by atoms with Crippen LogP contribution < -0.4 is 11.1 Å². The fraction of sp³-hybridized carbons (Fsp3) is 0.467. The maximum Gasteiger partial charge on any atom is 0.418 e. The molecule has 150 valence electrons. The van der Waals surface area contributed by atoms with Crippen LogP contribution in [0.3, 0.4) is 0 Å². The molecule has 1 atom stereocenters. The van der Waals surface area contributed by atoms with Crippen LogP contribution in [-0.4, -0.2) is 38.2 Å². The Morgan fingerprint density at radius 3 is 2.33 bits per heavy atom. The van der Waals surface area contributed by atoms with Gasteiger partial charge in [-0.05, 0) is 13.0 Å². The fourth-order valence-electron chi connectivity index (χ4n) is 2.21. The topological polar surface area (TPSA) is 89.0 Å². The highest BCUT2D eigenvalue weighted by Crippen LogP contribution is 2.37. The number of aliphatic hydroxyl groups is 1. The summed E-state index contributed by atoms with van der Waals surface area (Å²) < 4.78 is 79.1. The van der Waals surface area contributed by atoms with Gasteiger partial charge in [-0.15, -0.1) is 0 Å². The fourth-order valence-corrected chi connectivity index (χ4v) is 2.21. The molecule has 2 aromatic rings. The van der Waals surface area contributed by atoms with Crippen molar-refractivity contribution in [3.05, 3.63) is 29.7 Å². The standard InChI is InChI=1S/C15H17F6N5O/c1-13(27,15(19,20)21)7-23-5-11-10(22)3-9(14(16,17)18)12(25-11)8-4-24-26(2)6-8/h3-4,6,23,27H,5,7,22H2,1-2H3. The maximum atomic E-state index is 13.3. The summed E-state index contributed by atoms with van der Waals surface area (Å²) in [7, 11) is 1.51. The Bertz CT molecular complexity index is 812. The molecule has 27 heavy (non-hydrogen) atoms. The van der Waals surface area contributed by atoms with E-state index < -0.39 is 35.8 Å². The van der Waals surface area contributed by atoms with Gasteiger partial charge in [-0.1, -0.05) is 0 Å². The SMILES string of the molecule is Cn1cc(-c2nc(CNCC(C)(O)C(F)(F)F)c(N)cc2C(F)(F)F)cn1. The molecule has 6 nitrogen and oxygen atoms in total. The van der Waals surface area contributed by atoms with E-state index in [4.69, 9.17) is 5.73 Å². The van der Waals surface area contributed by atoms with Crippen LogP contribution >= 0.6 is 0 Å². The summed E-state index contributed by atoms with van der Waals surface area (Å²) in [5, 5.41) is 15.5. The minimum absolute atomic E-state index is 0.0772. The van der Waals surface area contributed by atoms with Crippen LogP contribution in [0, 0.1) is 0 Å². The molecular weight excluding hydrogens is 380 g/mol. The minimum atomic E-state index is -4.88. The first-order valence-electron chi connectivity index (χ1n) is 7.58. The number of pyridine rings is 1. The number of nitrogens with one attached hydrogen (secondary N) is 1. The molecule has 2 heterocycles. The lowest BCUT2D eigenvalue weighted by Gasteiger charge is -2.26. The smallest absolute Gasteiger partial charge is 0.397 e. The summed E-state index contributed by atoms with van der Waals surface area (Å²) in [5.74, 6) is 0. The second kappa shape index (κ2) is 7.00. The molecule has 0 saturated heterocycles. The second-order valence-electron chi connectivity index (χ2n) is 6.20. The van der Waals surface area contributed by atoms with Gasteiger partial charge >= 0.3 is 12.4 Å². The number of aryl methyl sites for hydroxylation is 1. The van der Waals surface area contributed by atoms with Gasteiger partial charge in [0.05, 0.1) is 28.8 Å². The third kappa shape index (κ3) is 4.69. The van der Waals surface area contributed by atoms with Crippen LogP contribution in [0.25, 0.3) is 11.3 Å². The van der Waals surface area contributed by atoms with Crippen LogP contribution in [0.4, 0.5) is 32.0 Å². The molecule has 0 amide bonds. The predicted molar refractivity (Wildman–Crippen MR) is 84.2 cm³/mol. The van der Waals surface area contributed by atoms with E-state index in [2.05, 4.69) is 15.4 Å². The quantitative estimate of drug-likeness (QED) is 0.675. The molecule has 2 aromatic heterocycles. The molecular formula is C15H17F6N5O. The van der Waals surface area contributed by atoms with Crippen LogP contribution in [-0.2, 0) is 19.8 Å². The van der Waals surface area contributed by atoms with E-state index >= 15 is 0 Å². The van der Waals surface area contributed by atoms with E-state index in [1.165, 1.54) is 24.1 Å². The highest BCUT2D eigenvalue weighted by molar-refractivity contribution is 5.66. The Kier molecular flexibility index (Phi) is 5.44. The first-order chi connectivity index (χ1) is 12.2. The van der Waals surface area contributed by atoms with E-state index in [9.17, 15) is 31.4 Å². The van der Waals surface area contributed by atoms with Crippen molar-refractivity contribution in [2.24, 2.45) is 7.05 Å². The van der Waals surface area contributed by atoms with Crippen molar-refractivity contribution in [2.75, 3.05) is 12.3 Å². The van der Waals surface area contributed by atoms with Gasteiger partial charge in [-0.25, -0.2) is 4.98 Å². The van der Waals surface area contributed by atoms with E-state index in [0.717, 1.165) is 0 Å². The number of nitrogen functional groups attached to an aromatic ring is 1. The lowest BCUT2D eigenvalue weighted by atomic mass is 10.1. The molecule has 4 N–H and O–H groups in total. The monoisotopic (exact) mass is 397 g/mol. The lowest BCUT2D eigenvalue weighted by molar-refractivity contribution is -0.250. The molecule has 0 aliphatic rings. The van der Waals surface area contributed by atoms with E-state index in [1.54, 1.807) is 0 Å². The highest BCUT2D eigenvalue weighted by Gasteiger charge is 2.49. The molecule has 0 bridgehead atoms. The number of aromatic nitrogens is 3. The Labute approximate surface area is 150 Å². The molecule has 0 radical (unpaired) electrons. The van der Waals surface area contributed by atoms with Gasteiger partial charge < -0.3 is 16.2 Å². The van der Waals surface area contributed by atoms with Gasteiger partial charge in [-0.2, -0.15) is 31.4 Å². The second-order valence-corrected chi connectivity index (χ2v) is 6.20. The number of alkyl halides is 6. The Morgan fingerprint density at radius 1 is 1.22 bits per heavy atom. The number of halogens is 6. The zero-order valence-electron chi connectivity index (χ0n) is 14.3. The molecule has 0 aromatic carbocycles. The number of anilines is 1. The first-order valence-corrected chi connectivity index (χ1v) is 7.58. The van der Waals surface area contributed by atoms with Crippen molar-refractivity contribution in [3.63, 3.8) is 0 Å². The van der Waals surface area contributed by atoms with Crippen LogP contribution in [0.1, 0.15) is 18.2 Å². The van der Waals surface area contributed by atoms with Crippen LogP contribution in [0.15, 0.2) is 18.5 Å². The van der Waals surface area contributed by atoms with Gasteiger partial charge in [0.25, 0.3) is 0 Å². The predicted octanol–water partition coefficient (Wildman–Crippen LogP) is 2.49. The zero-order chi connectivity index (χ0) is 20.6. The number of nitrogens with zero attached hydrogens (tertiary/aromatic N) is 3. The van der Waals surface area contributed by atoms with E-state index in [1.807, 2.05) is 0 Å². The third-order valence-electron chi connectivity index (χ3n) is 3.79. The first kappa shape index (κ1) is 21.0. The Balaban J connectivity index is 2.33. The van der Waals surface area contributed by atoms with Gasteiger partial charge in [0.15, 0.2) is 5.60 Å². The minimum Gasteiger partial charge on any atom is -0.397 e. The molecule has 0 fully saturated rings. The van der Waals surface area contributed by atoms with Gasteiger partial charge in [0.1, 0.15) is 0 Å². The van der Waals surface area contributed by atoms with Gasteiger partial charge in [-0.3, -0.25) is 4.68 Å². The molecule has 0 spiro atoms. The number of nitrogens with two attached hydrogens (primary N) is 1. The van der Waals surface area contributed by atoms with Gasteiger partial charge in [0.2, 0.25) is 0 Å².